The van der Waals surface area contributed by atoms with Gasteiger partial charge in [0.1, 0.15) is 12.1 Å². The highest BCUT2D eigenvalue weighted by atomic mass is 16.5. The van der Waals surface area contributed by atoms with E-state index >= 15 is 0 Å². The fourth-order valence-electron chi connectivity index (χ4n) is 12.2. The number of esters is 2. The zero-order valence-electron chi connectivity index (χ0n) is 28.7. The summed E-state index contributed by atoms with van der Waals surface area (Å²) in [6.45, 7) is 20.6. The Morgan fingerprint density at radius 3 is 2.30 bits per heavy atom. The van der Waals surface area contributed by atoms with E-state index in [9.17, 15) is 9.59 Å². The van der Waals surface area contributed by atoms with E-state index in [4.69, 9.17) is 9.47 Å². The first-order chi connectivity index (χ1) is 21.0. The molecule has 0 N–H and O–H groups in total. The van der Waals surface area contributed by atoms with Crippen LogP contribution in [0.5, 0.6) is 0 Å². The summed E-state index contributed by atoms with van der Waals surface area (Å²) in [5, 5.41) is 0. The van der Waals surface area contributed by atoms with Crippen LogP contribution in [0.25, 0.3) is 0 Å². The normalized spacial score (nSPS) is 43.8. The molecule has 6 aliphatic rings. The van der Waals surface area contributed by atoms with Crippen LogP contribution in [0.2, 0.25) is 0 Å². The van der Waals surface area contributed by atoms with E-state index in [0.29, 0.717) is 35.8 Å². The molecule has 6 heteroatoms. The van der Waals surface area contributed by atoms with Gasteiger partial charge in [-0.15, -0.1) is 0 Å². The van der Waals surface area contributed by atoms with Crippen molar-refractivity contribution < 1.29 is 23.5 Å². The van der Waals surface area contributed by atoms with E-state index in [1.165, 1.54) is 77.3 Å². The van der Waals surface area contributed by atoms with Crippen LogP contribution in [0.3, 0.4) is 0 Å². The molecule has 4 saturated carbocycles. The Bertz CT molecular complexity index is 1060. The molecule has 0 spiro atoms. The Kier molecular flexibility index (Phi) is 9.36. The minimum absolute atomic E-state index is 0.00168. The lowest BCUT2D eigenvalue weighted by Crippen LogP contribution is -2.63. The summed E-state index contributed by atoms with van der Waals surface area (Å²) in [6.07, 6.45) is 18.1. The highest BCUT2D eigenvalue weighted by Crippen LogP contribution is 2.68. The summed E-state index contributed by atoms with van der Waals surface area (Å²) in [4.78, 5) is 28.3. The van der Waals surface area contributed by atoms with Crippen molar-refractivity contribution in [1.29, 1.82) is 0 Å². The van der Waals surface area contributed by atoms with Crippen LogP contribution < -0.4 is 0 Å². The summed E-state index contributed by atoms with van der Waals surface area (Å²) < 4.78 is 13.9. The lowest BCUT2D eigenvalue weighted by molar-refractivity contribution is -0.952. The third kappa shape index (κ3) is 5.60. The van der Waals surface area contributed by atoms with Crippen molar-refractivity contribution in [3.05, 3.63) is 12.7 Å². The monoisotopic (exact) mass is 611 g/mol. The van der Waals surface area contributed by atoms with Gasteiger partial charge in [0.05, 0.1) is 25.6 Å². The van der Waals surface area contributed by atoms with Gasteiger partial charge in [-0.3, -0.25) is 14.5 Å². The minimum Gasteiger partial charge on any atom is -0.460 e. The third-order valence-corrected chi connectivity index (χ3v) is 14.4. The Balaban J connectivity index is 1.30. The summed E-state index contributed by atoms with van der Waals surface area (Å²) in [6, 6.07) is 0.718. The van der Waals surface area contributed by atoms with Crippen molar-refractivity contribution in [3.63, 3.8) is 0 Å². The van der Waals surface area contributed by atoms with Gasteiger partial charge in [0.15, 0.2) is 6.10 Å². The third-order valence-electron chi connectivity index (χ3n) is 14.4. The van der Waals surface area contributed by atoms with Gasteiger partial charge in [0, 0.05) is 24.8 Å². The number of hydrogen-bond acceptors (Lipinski definition) is 5. The van der Waals surface area contributed by atoms with Crippen molar-refractivity contribution in [2.75, 3.05) is 32.7 Å². The van der Waals surface area contributed by atoms with Crippen molar-refractivity contribution in [2.24, 2.45) is 40.4 Å². The molecule has 0 amide bonds. The fourth-order valence-corrected chi connectivity index (χ4v) is 12.2. The molecule has 6 rings (SSSR count). The van der Waals surface area contributed by atoms with Crippen LogP contribution in [0.15, 0.2) is 12.7 Å². The predicted molar refractivity (Wildman–Crippen MR) is 175 cm³/mol. The summed E-state index contributed by atoms with van der Waals surface area (Å²) in [7, 11) is 0. The molecule has 10 atom stereocenters. The number of piperidine rings is 2. The van der Waals surface area contributed by atoms with Gasteiger partial charge in [0.25, 0.3) is 0 Å². The average Bonchev–Trinajstić information content (AvgIpc) is 3.30. The van der Waals surface area contributed by atoms with Gasteiger partial charge in [0.2, 0.25) is 0 Å². The number of fused-ring (bicyclic) bond motifs is 5. The number of rotatable bonds is 7. The molecule has 6 nitrogen and oxygen atoms in total. The van der Waals surface area contributed by atoms with Gasteiger partial charge >= 0.3 is 11.9 Å². The van der Waals surface area contributed by atoms with E-state index in [2.05, 4.69) is 31.4 Å². The molecule has 3 unspecified atom stereocenters. The Morgan fingerprint density at radius 2 is 1.64 bits per heavy atom. The molecule has 44 heavy (non-hydrogen) atoms. The second-order valence-corrected chi connectivity index (χ2v) is 17.0. The SMILES string of the molecule is C=CC[N+]1([C@H]2CC3C4CC[C@H]5C[C@H](OC(=O)C(C)C)[C@@H](N6CCCCC6)C[C@]5(C)C4CC[C@]3(C)[C@H]2OC(C)=O)CCCCC1. The maximum atomic E-state index is 12.9. The van der Waals surface area contributed by atoms with Crippen LogP contribution in [-0.2, 0) is 19.1 Å². The largest absolute Gasteiger partial charge is 0.460 e. The van der Waals surface area contributed by atoms with E-state index in [1.807, 2.05) is 13.8 Å². The quantitative estimate of drug-likeness (QED) is 0.174. The molecular formula is C38H63N2O4+. The first-order valence-corrected chi connectivity index (χ1v) is 18.6. The number of nitrogens with zero attached hydrogens (tertiary/aromatic N) is 2. The molecule has 6 fully saturated rings. The lowest BCUT2D eigenvalue weighted by Gasteiger charge is -2.62. The van der Waals surface area contributed by atoms with Crippen LogP contribution in [0.4, 0.5) is 0 Å². The molecule has 2 saturated heterocycles. The predicted octanol–water partition coefficient (Wildman–Crippen LogP) is 7.16. The van der Waals surface area contributed by atoms with Crippen LogP contribution in [-0.4, -0.2) is 78.3 Å². The maximum Gasteiger partial charge on any atom is 0.308 e. The van der Waals surface area contributed by atoms with Gasteiger partial charge in [-0.1, -0.05) is 40.7 Å². The number of likely N-dealkylation sites (tertiary alicyclic amines) is 2. The van der Waals surface area contributed by atoms with E-state index in [1.54, 1.807) is 6.92 Å². The molecule has 0 radical (unpaired) electrons. The van der Waals surface area contributed by atoms with E-state index in [-0.39, 0.29) is 40.9 Å². The second kappa shape index (κ2) is 12.7. The zero-order valence-corrected chi connectivity index (χ0v) is 28.7. The number of carbonyl (C=O) groups is 2. The molecule has 0 aromatic rings. The fraction of sp³-hybridized carbons (Fsp3) is 0.895. The van der Waals surface area contributed by atoms with Gasteiger partial charge in [-0.05, 0) is 119 Å². The van der Waals surface area contributed by atoms with Crippen LogP contribution in [0.1, 0.15) is 118 Å². The van der Waals surface area contributed by atoms with Crippen molar-refractivity contribution in [1.82, 2.24) is 4.90 Å². The molecule has 0 aromatic heterocycles. The van der Waals surface area contributed by atoms with Crippen LogP contribution >= 0.6 is 0 Å². The van der Waals surface area contributed by atoms with Crippen LogP contribution in [0, 0.1) is 40.4 Å². The number of quaternary nitrogens is 1. The van der Waals surface area contributed by atoms with Crippen molar-refractivity contribution in [2.45, 2.75) is 142 Å². The van der Waals surface area contributed by atoms with E-state index in [0.717, 1.165) is 43.4 Å². The summed E-state index contributed by atoms with van der Waals surface area (Å²) in [5.41, 5.74) is 0.307. The maximum absolute atomic E-state index is 12.9. The van der Waals surface area contributed by atoms with Crippen molar-refractivity contribution >= 4 is 11.9 Å². The Hall–Kier alpha value is -1.40. The number of ether oxygens (including phenoxy) is 2. The molecule has 248 valence electrons. The van der Waals surface area contributed by atoms with Gasteiger partial charge in [-0.25, -0.2) is 0 Å². The van der Waals surface area contributed by atoms with Crippen molar-refractivity contribution in [3.8, 4) is 0 Å². The second-order valence-electron chi connectivity index (χ2n) is 17.0. The number of hydrogen-bond donors (Lipinski definition) is 0. The zero-order chi connectivity index (χ0) is 31.3. The topological polar surface area (TPSA) is 55.8 Å². The Labute approximate surface area is 268 Å². The summed E-state index contributed by atoms with van der Waals surface area (Å²) >= 11 is 0. The summed E-state index contributed by atoms with van der Waals surface area (Å²) in [5.74, 6) is 2.38. The highest BCUT2D eigenvalue weighted by molar-refractivity contribution is 5.71. The smallest absolute Gasteiger partial charge is 0.308 e. The van der Waals surface area contributed by atoms with Gasteiger partial charge in [-0.2, -0.15) is 0 Å². The molecule has 0 bridgehead atoms. The lowest BCUT2D eigenvalue weighted by atomic mass is 9.44. The standard InChI is InChI=1S/C38H63N2O4/c1-7-20-40(21-12-9-13-22-40)33-24-31-29-15-14-28-23-34(44-36(42)26(2)3)32(39-18-10-8-11-19-39)25-38(28,6)30(29)16-17-37(31,5)35(33)43-27(4)41/h7,26,28-35H,1,8-25H2,2-6H3/q+1/t28-,29?,30?,31?,32-,33-,34-,35-,37-,38-/m0/s1. The molecule has 2 aliphatic heterocycles. The minimum atomic E-state index is -0.105. The highest BCUT2D eigenvalue weighted by Gasteiger charge is 2.67. The molecule has 2 heterocycles. The number of carbonyl (C=O) groups excluding carboxylic acids is 2. The Morgan fingerprint density at radius 1 is 0.932 bits per heavy atom. The molecule has 0 aromatic carbocycles. The first-order valence-electron chi connectivity index (χ1n) is 18.6. The molecule has 4 aliphatic carbocycles. The first kappa shape index (κ1) is 32.5. The molecular weight excluding hydrogens is 548 g/mol. The average molecular weight is 612 g/mol. The van der Waals surface area contributed by atoms with E-state index < -0.39 is 0 Å². The van der Waals surface area contributed by atoms with Gasteiger partial charge < -0.3 is 14.0 Å².